The maximum atomic E-state index is 12.5. The summed E-state index contributed by atoms with van der Waals surface area (Å²) >= 11 is 0. The molecular weight excluding hydrogens is 397 g/mol. The monoisotopic (exact) mass is 422 g/mol. The van der Waals surface area contributed by atoms with Gasteiger partial charge in [0.25, 0.3) is 0 Å². The number of anilines is 1. The molecule has 3 N–H and O–H groups in total. The molecule has 6 nitrogen and oxygen atoms in total. The number of hydrogen-bond acceptors (Lipinski definition) is 3. The highest BCUT2D eigenvalue weighted by Crippen LogP contribution is 2.23. The first-order valence-electron chi connectivity index (χ1n) is 9.26. The lowest BCUT2D eigenvalue weighted by Crippen LogP contribution is -2.36. The van der Waals surface area contributed by atoms with E-state index in [9.17, 15) is 18.0 Å². The van der Waals surface area contributed by atoms with Crippen molar-refractivity contribution in [3.63, 3.8) is 0 Å². The molecule has 0 saturated carbocycles. The summed E-state index contributed by atoms with van der Waals surface area (Å²) in [5, 5.41) is 8.92. The van der Waals surface area contributed by atoms with Crippen LogP contribution in [0.1, 0.15) is 23.6 Å². The summed E-state index contributed by atoms with van der Waals surface area (Å²) in [6.45, 7) is 2.56. The molecule has 9 heteroatoms. The first-order chi connectivity index (χ1) is 14.2. The Hall–Kier alpha value is -3.23. The van der Waals surface area contributed by atoms with Gasteiger partial charge in [0, 0.05) is 38.3 Å². The Morgan fingerprint density at radius 2 is 1.83 bits per heavy atom. The average molecular weight is 422 g/mol. The zero-order valence-electron chi connectivity index (χ0n) is 17.1. The highest BCUT2D eigenvalue weighted by atomic mass is 19.4. The van der Waals surface area contributed by atoms with E-state index in [1.807, 2.05) is 18.2 Å². The van der Waals surface area contributed by atoms with E-state index in [1.54, 1.807) is 38.2 Å². The first-order valence-corrected chi connectivity index (χ1v) is 9.26. The summed E-state index contributed by atoms with van der Waals surface area (Å²) in [7, 11) is 1.60. The molecule has 0 aliphatic rings. The van der Waals surface area contributed by atoms with Gasteiger partial charge in [-0.1, -0.05) is 24.3 Å². The van der Waals surface area contributed by atoms with Gasteiger partial charge in [0.2, 0.25) is 5.91 Å². The molecule has 0 unspecified atom stereocenters. The lowest BCUT2D eigenvalue weighted by molar-refractivity contribution is -0.153. The van der Waals surface area contributed by atoms with Gasteiger partial charge in [0.05, 0.1) is 0 Å². The van der Waals surface area contributed by atoms with E-state index in [2.05, 4.69) is 20.9 Å². The van der Waals surface area contributed by atoms with Crippen LogP contribution in [-0.4, -0.2) is 31.7 Å². The highest BCUT2D eigenvalue weighted by Gasteiger charge is 2.28. The molecule has 0 aliphatic carbocycles. The van der Waals surface area contributed by atoms with E-state index in [-0.39, 0.29) is 18.2 Å². The Balaban J connectivity index is 1.97. The van der Waals surface area contributed by atoms with Crippen LogP contribution in [0, 0.1) is 6.92 Å². The molecule has 0 aliphatic heterocycles. The number of aliphatic imine (C=N–C) groups is 1. The molecule has 30 heavy (non-hydrogen) atoms. The van der Waals surface area contributed by atoms with Crippen LogP contribution in [0.25, 0.3) is 0 Å². The van der Waals surface area contributed by atoms with Crippen molar-refractivity contribution in [2.75, 3.05) is 19.0 Å². The van der Waals surface area contributed by atoms with Crippen molar-refractivity contribution < 1.29 is 22.7 Å². The van der Waals surface area contributed by atoms with E-state index < -0.39 is 12.8 Å². The molecule has 0 heterocycles. The predicted molar refractivity (Wildman–Crippen MR) is 111 cm³/mol. The summed E-state index contributed by atoms with van der Waals surface area (Å²) in [4.78, 5) is 15.3. The fraction of sp³-hybridized carbons (Fsp3) is 0.333. The van der Waals surface area contributed by atoms with Crippen LogP contribution >= 0.6 is 0 Å². The molecule has 2 aromatic carbocycles. The number of nitrogens with one attached hydrogen (secondary N) is 3. The van der Waals surface area contributed by atoms with Crippen molar-refractivity contribution >= 4 is 17.6 Å². The Morgan fingerprint density at radius 3 is 2.50 bits per heavy atom. The number of carbonyl (C=O) groups is 1. The van der Waals surface area contributed by atoms with E-state index in [0.29, 0.717) is 23.8 Å². The number of halogens is 3. The number of nitrogens with zero attached hydrogens (tertiary/aromatic N) is 1. The molecule has 0 aromatic heterocycles. The largest absolute Gasteiger partial charge is 0.484 e. The van der Waals surface area contributed by atoms with Crippen LogP contribution in [-0.2, 0) is 17.9 Å². The van der Waals surface area contributed by atoms with Gasteiger partial charge in [0.1, 0.15) is 5.75 Å². The fourth-order valence-electron chi connectivity index (χ4n) is 2.65. The molecule has 162 valence electrons. The average Bonchev–Trinajstić information content (AvgIpc) is 2.67. The number of benzene rings is 2. The summed E-state index contributed by atoms with van der Waals surface area (Å²) in [5.74, 6) is 0.500. The van der Waals surface area contributed by atoms with Crippen molar-refractivity contribution in [1.29, 1.82) is 0 Å². The van der Waals surface area contributed by atoms with Crippen LogP contribution in [0.2, 0.25) is 0 Å². The second-order valence-electron chi connectivity index (χ2n) is 6.68. The lowest BCUT2D eigenvalue weighted by Gasteiger charge is -2.16. The minimum atomic E-state index is -4.40. The van der Waals surface area contributed by atoms with Gasteiger partial charge < -0.3 is 20.7 Å². The number of hydrogen-bond donors (Lipinski definition) is 3. The summed E-state index contributed by atoms with van der Waals surface area (Å²) in [6, 6.07) is 12.5. The molecule has 2 aromatic rings. The van der Waals surface area contributed by atoms with Crippen molar-refractivity contribution in [2.24, 2.45) is 4.99 Å². The van der Waals surface area contributed by atoms with Gasteiger partial charge in [-0.15, -0.1) is 0 Å². The number of aryl methyl sites for hydroxylation is 1. The molecule has 0 atom stereocenters. The van der Waals surface area contributed by atoms with Crippen LogP contribution in [0.4, 0.5) is 18.9 Å². The van der Waals surface area contributed by atoms with Gasteiger partial charge >= 0.3 is 6.18 Å². The van der Waals surface area contributed by atoms with E-state index >= 15 is 0 Å². The van der Waals surface area contributed by atoms with Crippen molar-refractivity contribution in [2.45, 2.75) is 33.1 Å². The minimum Gasteiger partial charge on any atom is -0.484 e. The Kier molecular flexibility index (Phi) is 8.08. The predicted octanol–water partition coefficient (Wildman–Crippen LogP) is 3.76. The van der Waals surface area contributed by atoms with Gasteiger partial charge in [0.15, 0.2) is 12.6 Å². The molecule has 2 rings (SSSR count). The Labute approximate surface area is 173 Å². The fourth-order valence-corrected chi connectivity index (χ4v) is 2.65. The smallest absolute Gasteiger partial charge is 0.422 e. The normalized spacial score (nSPS) is 11.7. The molecule has 1 amide bonds. The maximum absolute atomic E-state index is 12.5. The highest BCUT2D eigenvalue weighted by molar-refractivity contribution is 5.88. The topological polar surface area (TPSA) is 74.8 Å². The Morgan fingerprint density at radius 1 is 1.10 bits per heavy atom. The van der Waals surface area contributed by atoms with Crippen LogP contribution in [0.5, 0.6) is 5.75 Å². The third-order valence-electron chi connectivity index (χ3n) is 3.99. The quantitative estimate of drug-likeness (QED) is 0.469. The van der Waals surface area contributed by atoms with E-state index in [0.717, 1.165) is 11.1 Å². The van der Waals surface area contributed by atoms with Gasteiger partial charge in [-0.3, -0.25) is 9.79 Å². The van der Waals surface area contributed by atoms with Gasteiger partial charge in [-0.2, -0.15) is 13.2 Å². The Bertz CT molecular complexity index is 898. The van der Waals surface area contributed by atoms with Gasteiger partial charge in [-0.05, 0) is 36.2 Å². The zero-order valence-corrected chi connectivity index (χ0v) is 17.1. The van der Waals surface area contributed by atoms with Crippen molar-refractivity contribution in [3.8, 4) is 5.75 Å². The number of rotatable bonds is 7. The lowest BCUT2D eigenvalue weighted by atomic mass is 10.1. The summed E-state index contributed by atoms with van der Waals surface area (Å²) < 4.78 is 42.5. The third kappa shape index (κ3) is 8.02. The molecular formula is C21H25F3N4O2. The maximum Gasteiger partial charge on any atom is 0.422 e. The van der Waals surface area contributed by atoms with E-state index in [4.69, 9.17) is 4.74 Å². The standard InChI is InChI=1S/C21H25F3N4O2/c1-14-7-8-17(19(9-14)30-13-21(22,23)24)12-27-20(25-3)26-11-16-5-4-6-18(10-16)28-15(2)29/h4-10H,11-13H2,1-3H3,(H,28,29)(H2,25,26,27). The van der Waals surface area contributed by atoms with E-state index in [1.165, 1.54) is 6.92 Å². The second kappa shape index (κ2) is 10.5. The van der Waals surface area contributed by atoms with Crippen LogP contribution < -0.4 is 20.7 Å². The van der Waals surface area contributed by atoms with Crippen molar-refractivity contribution in [3.05, 3.63) is 59.2 Å². The number of amides is 1. The summed E-state index contributed by atoms with van der Waals surface area (Å²) in [6.07, 6.45) is -4.40. The van der Waals surface area contributed by atoms with Crippen molar-refractivity contribution in [1.82, 2.24) is 10.6 Å². The number of guanidine groups is 1. The molecule has 0 bridgehead atoms. The number of alkyl halides is 3. The SMILES string of the molecule is CN=C(NCc1cccc(NC(C)=O)c1)NCc1ccc(C)cc1OCC(F)(F)F. The molecule has 0 spiro atoms. The first kappa shape index (κ1) is 23.1. The second-order valence-corrected chi connectivity index (χ2v) is 6.68. The zero-order chi connectivity index (χ0) is 22.1. The van der Waals surface area contributed by atoms with Crippen LogP contribution in [0.3, 0.4) is 0 Å². The minimum absolute atomic E-state index is 0.153. The summed E-state index contributed by atoms with van der Waals surface area (Å²) in [5.41, 5.74) is 3.00. The van der Waals surface area contributed by atoms with Gasteiger partial charge in [-0.25, -0.2) is 0 Å². The van der Waals surface area contributed by atoms with Crippen LogP contribution in [0.15, 0.2) is 47.5 Å². The molecule has 0 saturated heterocycles. The molecule has 0 fully saturated rings. The number of carbonyl (C=O) groups excluding carboxylic acids is 1. The number of ether oxygens (including phenoxy) is 1. The molecule has 0 radical (unpaired) electrons. The third-order valence-corrected chi connectivity index (χ3v) is 3.99.